The van der Waals surface area contributed by atoms with Crippen molar-refractivity contribution in [3.63, 3.8) is 0 Å². The van der Waals surface area contributed by atoms with E-state index in [4.69, 9.17) is 35.5 Å². The van der Waals surface area contributed by atoms with Gasteiger partial charge in [-0.3, -0.25) is 4.90 Å². The molecule has 1 atom stereocenters. The molecule has 1 fully saturated rings. The fourth-order valence-electron chi connectivity index (χ4n) is 5.35. The summed E-state index contributed by atoms with van der Waals surface area (Å²) >= 11 is 5.92. The maximum absolute atomic E-state index is 14.5. The summed E-state index contributed by atoms with van der Waals surface area (Å²) in [6.07, 6.45) is -0.871. The maximum Gasteiger partial charge on any atom is 0.337 e. The van der Waals surface area contributed by atoms with Crippen LogP contribution in [0.25, 0.3) is 11.0 Å². The zero-order valence-corrected chi connectivity index (χ0v) is 23.6. The molecule has 4 aromatic rings. The Labute approximate surface area is 241 Å². The fraction of sp³-hybridized carbons (Fsp3) is 0.333. The molecule has 0 spiro atoms. The number of halogens is 2. The van der Waals surface area contributed by atoms with E-state index in [1.54, 1.807) is 25.3 Å². The van der Waals surface area contributed by atoms with E-state index in [2.05, 4.69) is 14.4 Å². The zero-order valence-electron chi connectivity index (χ0n) is 22.8. The van der Waals surface area contributed by atoms with Gasteiger partial charge in [0.2, 0.25) is 0 Å². The molecule has 0 aliphatic carbocycles. The second-order valence-electron chi connectivity index (χ2n) is 9.97. The summed E-state index contributed by atoms with van der Waals surface area (Å²) in [6, 6.07) is 15.6. The number of hydrogen-bond acceptors (Lipinski definition) is 8. The van der Waals surface area contributed by atoms with E-state index in [1.165, 1.54) is 13.2 Å². The molecule has 0 radical (unpaired) electrons. The molecule has 2 aliphatic rings. The smallest absolute Gasteiger partial charge is 0.337 e. The molecule has 0 saturated carbocycles. The molecule has 0 unspecified atom stereocenters. The van der Waals surface area contributed by atoms with Crippen molar-refractivity contribution in [1.29, 1.82) is 0 Å². The monoisotopic (exact) mass is 580 g/mol. The topological polar surface area (TPSA) is 78.3 Å². The van der Waals surface area contributed by atoms with Crippen LogP contribution in [0.1, 0.15) is 28.0 Å². The van der Waals surface area contributed by atoms with E-state index in [1.807, 2.05) is 30.3 Å². The van der Waals surface area contributed by atoms with Crippen LogP contribution >= 0.6 is 11.6 Å². The third-order valence-corrected chi connectivity index (χ3v) is 7.71. The van der Waals surface area contributed by atoms with Crippen LogP contribution in [0, 0.1) is 5.82 Å². The summed E-state index contributed by atoms with van der Waals surface area (Å²) in [5.41, 5.74) is 3.41. The van der Waals surface area contributed by atoms with Gasteiger partial charge in [0.25, 0.3) is 6.29 Å². The van der Waals surface area contributed by atoms with Gasteiger partial charge in [0.1, 0.15) is 11.6 Å². The summed E-state index contributed by atoms with van der Waals surface area (Å²) in [7, 11) is 3.04. The highest BCUT2D eigenvalue weighted by atomic mass is 35.5. The van der Waals surface area contributed by atoms with Gasteiger partial charge in [-0.05, 0) is 48.5 Å². The first kappa shape index (κ1) is 27.3. The Balaban J connectivity index is 1.16. The number of carbonyl (C=O) groups excluding carboxylic acids is 1. The normalized spacial score (nSPS) is 16.9. The molecule has 1 aromatic heterocycles. The minimum atomic E-state index is -0.871. The van der Waals surface area contributed by atoms with Crippen LogP contribution in [0.15, 0.2) is 54.6 Å². The van der Waals surface area contributed by atoms with Crippen molar-refractivity contribution in [1.82, 2.24) is 14.5 Å². The SMILES string of the molecule is COCCn1c(CN2CCN(c3cccc4c3O[C@@H](c3ccc(Cl)cc3F)O4)CC2)nc2ccc(C(=O)OC)cc21. The first-order chi connectivity index (χ1) is 19.9. The van der Waals surface area contributed by atoms with Crippen molar-refractivity contribution in [3.8, 4) is 11.5 Å². The highest BCUT2D eigenvalue weighted by molar-refractivity contribution is 6.30. The lowest BCUT2D eigenvalue weighted by atomic mass is 10.2. The van der Waals surface area contributed by atoms with Gasteiger partial charge in [-0.1, -0.05) is 17.7 Å². The molecule has 9 nitrogen and oxygen atoms in total. The molecule has 1 saturated heterocycles. The van der Waals surface area contributed by atoms with Crippen molar-refractivity contribution in [2.75, 3.05) is 51.9 Å². The van der Waals surface area contributed by atoms with E-state index in [9.17, 15) is 9.18 Å². The van der Waals surface area contributed by atoms with Gasteiger partial charge in [-0.2, -0.15) is 0 Å². The number of anilines is 1. The Morgan fingerprint density at radius 1 is 1.07 bits per heavy atom. The second kappa shape index (κ2) is 11.6. The average Bonchev–Trinajstić information content (AvgIpc) is 3.56. The Bertz CT molecular complexity index is 1590. The van der Waals surface area contributed by atoms with Crippen LogP contribution in [0.5, 0.6) is 11.5 Å². The molecular weight excluding hydrogens is 551 g/mol. The zero-order chi connectivity index (χ0) is 28.5. The van der Waals surface area contributed by atoms with Crippen molar-refractivity contribution < 1.29 is 28.1 Å². The van der Waals surface area contributed by atoms with Crippen molar-refractivity contribution in [2.24, 2.45) is 0 Å². The summed E-state index contributed by atoms with van der Waals surface area (Å²) in [4.78, 5) is 21.6. The average molecular weight is 581 g/mol. The van der Waals surface area contributed by atoms with Gasteiger partial charge in [-0.25, -0.2) is 14.2 Å². The molecule has 6 rings (SSSR count). The van der Waals surface area contributed by atoms with Crippen LogP contribution in [-0.4, -0.2) is 67.4 Å². The number of rotatable bonds is 8. The number of methoxy groups -OCH3 is 2. The quantitative estimate of drug-likeness (QED) is 0.268. The number of imidazole rings is 1. The number of piperazine rings is 1. The number of para-hydroxylation sites is 1. The van der Waals surface area contributed by atoms with Crippen LogP contribution in [0.3, 0.4) is 0 Å². The maximum atomic E-state index is 14.5. The molecular formula is C30H30ClFN4O5. The van der Waals surface area contributed by atoms with Crippen LogP contribution in [0.2, 0.25) is 5.02 Å². The number of fused-ring (bicyclic) bond motifs is 2. The van der Waals surface area contributed by atoms with Gasteiger partial charge in [0.15, 0.2) is 11.5 Å². The molecule has 0 amide bonds. The van der Waals surface area contributed by atoms with Gasteiger partial charge < -0.3 is 28.4 Å². The highest BCUT2D eigenvalue weighted by Crippen LogP contribution is 2.47. The van der Waals surface area contributed by atoms with Gasteiger partial charge in [0, 0.05) is 44.9 Å². The first-order valence-corrected chi connectivity index (χ1v) is 13.8. The molecule has 0 N–H and O–H groups in total. The molecule has 3 heterocycles. The number of carbonyl (C=O) groups is 1. The van der Waals surface area contributed by atoms with Crippen LogP contribution < -0.4 is 14.4 Å². The number of aromatic nitrogens is 2. The minimum Gasteiger partial charge on any atom is -0.465 e. The van der Waals surface area contributed by atoms with Crippen molar-refractivity contribution >= 4 is 34.3 Å². The molecule has 2 aliphatic heterocycles. The Morgan fingerprint density at radius 2 is 1.90 bits per heavy atom. The Hall–Kier alpha value is -3.86. The number of ether oxygens (including phenoxy) is 4. The lowest BCUT2D eigenvalue weighted by Crippen LogP contribution is -2.46. The number of nitrogens with zero attached hydrogens (tertiary/aromatic N) is 4. The number of hydrogen-bond donors (Lipinski definition) is 0. The summed E-state index contributed by atoms with van der Waals surface area (Å²) in [5, 5.41) is 0.320. The van der Waals surface area contributed by atoms with Gasteiger partial charge in [-0.15, -0.1) is 0 Å². The lowest BCUT2D eigenvalue weighted by Gasteiger charge is -2.36. The van der Waals surface area contributed by atoms with E-state index in [0.29, 0.717) is 47.3 Å². The van der Waals surface area contributed by atoms with Crippen LogP contribution in [-0.2, 0) is 22.6 Å². The highest BCUT2D eigenvalue weighted by Gasteiger charge is 2.32. The molecule has 41 heavy (non-hydrogen) atoms. The Kier molecular flexibility index (Phi) is 7.70. The molecule has 11 heteroatoms. The van der Waals surface area contributed by atoms with Crippen molar-refractivity contribution in [3.05, 3.63) is 82.4 Å². The number of esters is 1. The molecule has 214 valence electrons. The first-order valence-electron chi connectivity index (χ1n) is 13.4. The van der Waals surface area contributed by atoms with Crippen LogP contribution in [0.4, 0.5) is 10.1 Å². The minimum absolute atomic E-state index is 0.302. The van der Waals surface area contributed by atoms with E-state index in [-0.39, 0.29) is 5.97 Å². The predicted octanol–water partition coefficient (Wildman–Crippen LogP) is 5.05. The molecule has 0 bridgehead atoms. The molecule has 3 aromatic carbocycles. The Morgan fingerprint density at radius 3 is 2.66 bits per heavy atom. The van der Waals surface area contributed by atoms with Gasteiger partial charge >= 0.3 is 5.97 Å². The second-order valence-corrected chi connectivity index (χ2v) is 10.4. The fourth-order valence-corrected chi connectivity index (χ4v) is 5.51. The largest absolute Gasteiger partial charge is 0.465 e. The standard InChI is InChI=1S/C30H30ClFN4O5/c1-38-15-14-36-25-16-19(29(37)39-2)6-9-23(25)33-27(36)18-34-10-12-35(13-11-34)24-4-3-5-26-28(24)41-30(40-26)21-8-7-20(31)17-22(21)32/h3-9,16-17,30H,10-15,18H2,1-2H3/t30-/m0/s1. The summed E-state index contributed by atoms with van der Waals surface area (Å²) < 4.78 is 39.0. The number of benzene rings is 3. The van der Waals surface area contributed by atoms with E-state index in [0.717, 1.165) is 48.7 Å². The third-order valence-electron chi connectivity index (χ3n) is 7.48. The third kappa shape index (κ3) is 5.42. The van der Waals surface area contributed by atoms with Gasteiger partial charge in [0.05, 0.1) is 48.1 Å². The summed E-state index contributed by atoms with van der Waals surface area (Å²) in [5.74, 6) is 1.27. The van der Waals surface area contributed by atoms with E-state index >= 15 is 0 Å². The predicted molar refractivity (Wildman–Crippen MR) is 152 cm³/mol. The lowest BCUT2D eigenvalue weighted by molar-refractivity contribution is 0.0455. The summed E-state index contributed by atoms with van der Waals surface area (Å²) in [6.45, 7) is 4.95. The van der Waals surface area contributed by atoms with Crippen molar-refractivity contribution in [2.45, 2.75) is 19.4 Å². The van der Waals surface area contributed by atoms with E-state index < -0.39 is 12.1 Å².